The summed E-state index contributed by atoms with van der Waals surface area (Å²) in [5, 5.41) is 7.13. The Morgan fingerprint density at radius 3 is 2.60 bits per heavy atom. The van der Waals surface area contributed by atoms with Crippen molar-refractivity contribution < 1.29 is 12.8 Å². The van der Waals surface area contributed by atoms with Crippen LogP contribution in [0.1, 0.15) is 5.89 Å². The average Bonchev–Trinajstić information content (AvgIpc) is 2.76. The van der Waals surface area contributed by atoms with Crippen molar-refractivity contribution in [1.29, 1.82) is 0 Å². The van der Waals surface area contributed by atoms with Gasteiger partial charge in [0.1, 0.15) is 0 Å². The first kappa shape index (κ1) is 14.7. The lowest BCUT2D eigenvalue weighted by molar-refractivity contribution is 0.534. The first-order chi connectivity index (χ1) is 9.44. The number of sulfonamides is 1. The lowest BCUT2D eigenvalue weighted by Crippen LogP contribution is -2.18. The Kier molecular flexibility index (Phi) is 4.50. The quantitative estimate of drug-likeness (QED) is 0.613. The molecule has 2 aromatic rings. The number of hydrogen-bond donors (Lipinski definition) is 2. The number of aromatic nitrogens is 2. The van der Waals surface area contributed by atoms with Crippen LogP contribution in [-0.2, 0) is 10.0 Å². The largest absolute Gasteiger partial charge is 0.408 e. The molecule has 0 atom stereocenters. The molecule has 0 spiro atoms. The molecule has 0 unspecified atom stereocenters. The van der Waals surface area contributed by atoms with E-state index in [-0.39, 0.29) is 11.8 Å². The van der Waals surface area contributed by atoms with E-state index in [1.54, 1.807) is 19.1 Å². The van der Waals surface area contributed by atoms with Crippen LogP contribution in [0.15, 0.2) is 33.6 Å². The van der Waals surface area contributed by atoms with E-state index in [1.807, 2.05) is 12.1 Å². The van der Waals surface area contributed by atoms with E-state index in [4.69, 9.17) is 10.2 Å². The van der Waals surface area contributed by atoms with Gasteiger partial charge in [0, 0.05) is 23.3 Å². The fourth-order valence-corrected chi connectivity index (χ4v) is 3.58. The Bertz CT molecular complexity index is 667. The lowest BCUT2D eigenvalue weighted by Gasteiger charge is -2.04. The molecule has 0 fully saturated rings. The van der Waals surface area contributed by atoms with Crippen LogP contribution in [0.5, 0.6) is 0 Å². The molecule has 0 aliphatic carbocycles. The highest BCUT2D eigenvalue weighted by molar-refractivity contribution is 8.00. The molecule has 7 nitrogen and oxygen atoms in total. The number of nitrogens with zero attached hydrogens (tertiary/aromatic N) is 2. The first-order valence-corrected chi connectivity index (χ1v) is 8.37. The minimum atomic E-state index is -3.49. The molecule has 0 aliphatic heterocycles. The van der Waals surface area contributed by atoms with Crippen molar-refractivity contribution in [2.75, 3.05) is 22.0 Å². The number of nitrogen functional groups attached to an aromatic ring is 1. The molecule has 0 bridgehead atoms. The van der Waals surface area contributed by atoms with E-state index in [0.29, 0.717) is 17.3 Å². The van der Waals surface area contributed by atoms with Gasteiger partial charge in [-0.3, -0.25) is 0 Å². The van der Waals surface area contributed by atoms with Gasteiger partial charge >= 0.3 is 6.01 Å². The van der Waals surface area contributed by atoms with Gasteiger partial charge in [-0.15, -0.1) is 16.9 Å². The summed E-state index contributed by atoms with van der Waals surface area (Å²) >= 11 is 1.43. The van der Waals surface area contributed by atoms with Crippen molar-refractivity contribution in [2.45, 2.75) is 11.8 Å². The smallest absolute Gasteiger partial charge is 0.329 e. The summed E-state index contributed by atoms with van der Waals surface area (Å²) in [5.74, 6) is 0.662. The minimum absolute atomic E-state index is 0.0521. The molecule has 0 saturated carbocycles. The topological polar surface area (TPSA) is 111 Å². The Hall–Kier alpha value is -1.74. The highest BCUT2D eigenvalue weighted by Crippen LogP contribution is 2.19. The standard InChI is InChI=1S/C11H14N4O3S2/c1-8-13-14-11(18-8)15-20(16,17)7-6-19-10-4-2-9(12)3-5-10/h2-5H,6-7,12H2,1H3,(H,14,15). The van der Waals surface area contributed by atoms with Crippen molar-refractivity contribution in [1.82, 2.24) is 10.2 Å². The number of rotatable bonds is 6. The van der Waals surface area contributed by atoms with E-state index in [9.17, 15) is 8.42 Å². The van der Waals surface area contributed by atoms with Crippen molar-refractivity contribution in [3.63, 3.8) is 0 Å². The number of hydrogen-bond acceptors (Lipinski definition) is 7. The van der Waals surface area contributed by atoms with E-state index in [1.165, 1.54) is 11.8 Å². The van der Waals surface area contributed by atoms with Crippen molar-refractivity contribution in [3.05, 3.63) is 30.2 Å². The fourth-order valence-electron chi connectivity index (χ4n) is 1.36. The van der Waals surface area contributed by atoms with E-state index in [2.05, 4.69) is 14.9 Å². The van der Waals surface area contributed by atoms with E-state index < -0.39 is 10.0 Å². The first-order valence-electron chi connectivity index (χ1n) is 5.73. The zero-order valence-electron chi connectivity index (χ0n) is 10.7. The molecule has 1 aromatic carbocycles. The fraction of sp³-hybridized carbons (Fsp3) is 0.273. The molecule has 0 saturated heterocycles. The maximum absolute atomic E-state index is 11.8. The highest BCUT2D eigenvalue weighted by Gasteiger charge is 2.14. The second-order valence-electron chi connectivity index (χ2n) is 3.96. The van der Waals surface area contributed by atoms with Crippen LogP contribution in [0.2, 0.25) is 0 Å². The summed E-state index contributed by atoms with van der Waals surface area (Å²) in [4.78, 5) is 0.961. The number of anilines is 2. The van der Waals surface area contributed by atoms with Crippen LogP contribution in [0.3, 0.4) is 0 Å². The van der Waals surface area contributed by atoms with Crippen molar-refractivity contribution in [3.8, 4) is 0 Å². The van der Waals surface area contributed by atoms with E-state index in [0.717, 1.165) is 4.90 Å². The number of thioether (sulfide) groups is 1. The monoisotopic (exact) mass is 314 g/mol. The molecule has 3 N–H and O–H groups in total. The zero-order chi connectivity index (χ0) is 14.6. The predicted molar refractivity (Wildman–Crippen MR) is 78.0 cm³/mol. The van der Waals surface area contributed by atoms with Crippen LogP contribution >= 0.6 is 11.8 Å². The summed E-state index contributed by atoms with van der Waals surface area (Å²) < 4.78 is 30.8. The number of nitrogens with two attached hydrogens (primary N) is 1. The minimum Gasteiger partial charge on any atom is -0.408 e. The molecule has 0 amide bonds. The van der Waals surface area contributed by atoms with Gasteiger partial charge in [-0.1, -0.05) is 5.10 Å². The molecular weight excluding hydrogens is 300 g/mol. The Morgan fingerprint density at radius 2 is 2.00 bits per heavy atom. The number of benzene rings is 1. The normalized spacial score (nSPS) is 11.4. The Balaban J connectivity index is 1.84. The van der Waals surface area contributed by atoms with Crippen LogP contribution in [0.4, 0.5) is 11.7 Å². The number of nitrogens with one attached hydrogen (secondary N) is 1. The van der Waals surface area contributed by atoms with Crippen molar-refractivity contribution in [2.24, 2.45) is 0 Å². The molecule has 1 aromatic heterocycles. The molecule has 108 valence electrons. The summed E-state index contributed by atoms with van der Waals surface area (Å²) in [7, 11) is -3.49. The molecule has 20 heavy (non-hydrogen) atoms. The van der Waals surface area contributed by atoms with Gasteiger partial charge < -0.3 is 10.2 Å². The Morgan fingerprint density at radius 1 is 1.30 bits per heavy atom. The zero-order valence-corrected chi connectivity index (χ0v) is 12.4. The van der Waals surface area contributed by atoms with Gasteiger partial charge in [-0.2, -0.15) is 0 Å². The molecule has 2 rings (SSSR count). The van der Waals surface area contributed by atoms with Crippen LogP contribution in [0, 0.1) is 6.92 Å². The van der Waals surface area contributed by atoms with Crippen LogP contribution in [0.25, 0.3) is 0 Å². The summed E-state index contributed by atoms with van der Waals surface area (Å²) in [6.45, 7) is 1.59. The molecular formula is C11H14N4O3S2. The van der Waals surface area contributed by atoms with Crippen LogP contribution < -0.4 is 10.5 Å². The van der Waals surface area contributed by atoms with Gasteiger partial charge in [0.25, 0.3) is 0 Å². The summed E-state index contributed by atoms with van der Waals surface area (Å²) in [5.41, 5.74) is 6.25. The predicted octanol–water partition coefficient (Wildman–Crippen LogP) is 1.49. The van der Waals surface area contributed by atoms with E-state index >= 15 is 0 Å². The molecule has 0 aliphatic rings. The van der Waals surface area contributed by atoms with Gasteiger partial charge in [0.05, 0.1) is 5.75 Å². The van der Waals surface area contributed by atoms with Gasteiger partial charge in [-0.05, 0) is 24.3 Å². The maximum Gasteiger partial charge on any atom is 0.329 e. The average molecular weight is 314 g/mol. The van der Waals surface area contributed by atoms with Gasteiger partial charge in [0.15, 0.2) is 0 Å². The third-order valence-corrected chi connectivity index (χ3v) is 4.77. The van der Waals surface area contributed by atoms with Crippen LogP contribution in [-0.4, -0.2) is 30.1 Å². The SMILES string of the molecule is Cc1nnc(NS(=O)(=O)CCSc2ccc(N)cc2)o1. The molecule has 0 radical (unpaired) electrons. The van der Waals surface area contributed by atoms with Crippen molar-refractivity contribution >= 4 is 33.5 Å². The lowest BCUT2D eigenvalue weighted by atomic mass is 10.3. The molecule has 1 heterocycles. The summed E-state index contributed by atoms with van der Waals surface area (Å²) in [6, 6.07) is 7.13. The maximum atomic E-state index is 11.8. The third kappa shape index (κ3) is 4.42. The third-order valence-electron chi connectivity index (χ3n) is 2.27. The highest BCUT2D eigenvalue weighted by atomic mass is 32.2. The Labute approximate surface area is 121 Å². The van der Waals surface area contributed by atoms with Gasteiger partial charge in [0.2, 0.25) is 15.9 Å². The second-order valence-corrected chi connectivity index (χ2v) is 6.97. The second kappa shape index (κ2) is 6.14. The number of aryl methyl sites for hydroxylation is 1. The summed E-state index contributed by atoms with van der Waals surface area (Å²) in [6.07, 6.45) is 0. The molecule has 9 heteroatoms. The van der Waals surface area contributed by atoms with Gasteiger partial charge in [-0.25, -0.2) is 13.1 Å².